The number of amidine groups is 1. The Morgan fingerprint density at radius 1 is 1.19 bits per heavy atom. The second-order valence-corrected chi connectivity index (χ2v) is 9.67. The number of piperazine rings is 1. The number of hydrogen-bond donors (Lipinski definition) is 3. The van der Waals surface area contributed by atoms with Crippen molar-refractivity contribution in [2.24, 2.45) is 0 Å². The first kappa shape index (κ1) is 25.5. The number of hydrogen-bond acceptors (Lipinski definition) is 6. The first-order valence-corrected chi connectivity index (χ1v) is 12.0. The lowest BCUT2D eigenvalue weighted by molar-refractivity contribution is 0.161. The Bertz CT molecular complexity index is 1280. The van der Waals surface area contributed by atoms with Gasteiger partial charge in [0.15, 0.2) is 5.82 Å². The summed E-state index contributed by atoms with van der Waals surface area (Å²) >= 11 is 0. The zero-order valence-electron chi connectivity index (χ0n) is 21.2. The van der Waals surface area contributed by atoms with Crippen molar-refractivity contribution in [3.63, 3.8) is 0 Å². The van der Waals surface area contributed by atoms with Crippen molar-refractivity contribution in [3.8, 4) is 17.0 Å². The van der Waals surface area contributed by atoms with Gasteiger partial charge >= 0.3 is 0 Å². The van der Waals surface area contributed by atoms with Crippen LogP contribution in [0.5, 0.6) is 5.75 Å². The van der Waals surface area contributed by atoms with Crippen LogP contribution < -0.4 is 5.32 Å². The highest BCUT2D eigenvalue weighted by Crippen LogP contribution is 2.36. The van der Waals surface area contributed by atoms with Crippen molar-refractivity contribution in [1.29, 1.82) is 5.41 Å². The quantitative estimate of drug-likeness (QED) is 0.331. The minimum atomic E-state index is -0.825. The number of likely N-dealkylation sites (N-methyl/N-ethyl adjacent to an activating group) is 1. The van der Waals surface area contributed by atoms with Crippen molar-refractivity contribution in [3.05, 3.63) is 65.0 Å². The topological polar surface area (TPSA) is 88.4 Å². The fourth-order valence-corrected chi connectivity index (χ4v) is 4.61. The molecule has 2 aromatic heterocycles. The van der Waals surface area contributed by atoms with Gasteiger partial charge in [-0.15, -0.1) is 0 Å². The summed E-state index contributed by atoms with van der Waals surface area (Å²) in [5.74, 6) is -1.62. The highest BCUT2D eigenvalue weighted by Gasteiger charge is 2.28. The zero-order valence-corrected chi connectivity index (χ0v) is 21.2. The van der Waals surface area contributed by atoms with Crippen molar-refractivity contribution >= 4 is 17.3 Å². The summed E-state index contributed by atoms with van der Waals surface area (Å²) in [5.41, 5.74) is 2.00. The Morgan fingerprint density at radius 3 is 2.61 bits per heavy atom. The molecule has 0 bridgehead atoms. The summed E-state index contributed by atoms with van der Waals surface area (Å²) in [5, 5.41) is 22.6. The summed E-state index contributed by atoms with van der Waals surface area (Å²) in [6.45, 7) is 10.1. The van der Waals surface area contributed by atoms with E-state index in [9.17, 15) is 9.50 Å². The largest absolute Gasteiger partial charge is 0.507 e. The standard InChI is InChI=1S/C27H32F2N6O/c1-15(2)23-24(16(3)9-10-31-23)32-27-18(26(30)35-12-11-34(5)14-17(35)4)13-20(29)25(33-27)22-19(28)7-6-8-21(22)36/h6-10,13,15,17,30,36H,11-12,14H2,1-5H3,(H,32,33)/t17-/m0/s1. The van der Waals surface area contributed by atoms with Crippen LogP contribution in [0.1, 0.15) is 43.5 Å². The van der Waals surface area contributed by atoms with Crippen LogP contribution in [0.3, 0.4) is 0 Å². The summed E-state index contributed by atoms with van der Waals surface area (Å²) in [4.78, 5) is 13.1. The first-order chi connectivity index (χ1) is 17.1. The fourth-order valence-electron chi connectivity index (χ4n) is 4.61. The lowest BCUT2D eigenvalue weighted by Gasteiger charge is -2.40. The van der Waals surface area contributed by atoms with Crippen LogP contribution in [0, 0.1) is 24.0 Å². The molecule has 0 radical (unpaired) electrons. The molecule has 3 heterocycles. The van der Waals surface area contributed by atoms with Crippen LogP contribution in [-0.4, -0.2) is 63.4 Å². The van der Waals surface area contributed by atoms with Crippen LogP contribution >= 0.6 is 0 Å². The van der Waals surface area contributed by atoms with E-state index in [1.54, 1.807) is 6.20 Å². The minimum Gasteiger partial charge on any atom is -0.507 e. The lowest BCUT2D eigenvalue weighted by Crippen LogP contribution is -2.52. The second kappa shape index (κ2) is 10.2. The van der Waals surface area contributed by atoms with Gasteiger partial charge in [0.25, 0.3) is 0 Å². The Morgan fingerprint density at radius 2 is 1.94 bits per heavy atom. The molecular weight excluding hydrogens is 462 g/mol. The van der Waals surface area contributed by atoms with Crippen LogP contribution in [0.2, 0.25) is 0 Å². The van der Waals surface area contributed by atoms with E-state index in [4.69, 9.17) is 5.41 Å². The molecule has 1 aliphatic rings. The first-order valence-electron chi connectivity index (χ1n) is 12.0. The summed E-state index contributed by atoms with van der Waals surface area (Å²) in [7, 11) is 2.03. The Kier molecular flexibility index (Phi) is 7.21. The van der Waals surface area contributed by atoms with Crippen molar-refractivity contribution in [2.75, 3.05) is 32.0 Å². The van der Waals surface area contributed by atoms with Crippen LogP contribution in [-0.2, 0) is 0 Å². The summed E-state index contributed by atoms with van der Waals surface area (Å²) in [6.07, 6.45) is 1.73. The Hall–Kier alpha value is -3.59. The van der Waals surface area contributed by atoms with Gasteiger partial charge in [0.1, 0.15) is 28.9 Å². The molecular formula is C27H32F2N6O. The zero-order chi connectivity index (χ0) is 26.1. The molecule has 0 aliphatic carbocycles. The maximum absolute atomic E-state index is 15.5. The molecule has 1 fully saturated rings. The predicted octanol–water partition coefficient (Wildman–Crippen LogP) is 5.26. The number of phenols is 1. The molecule has 7 nitrogen and oxygen atoms in total. The van der Waals surface area contributed by atoms with E-state index in [-0.39, 0.29) is 40.4 Å². The number of aromatic hydroxyl groups is 1. The monoisotopic (exact) mass is 494 g/mol. The van der Waals surface area contributed by atoms with E-state index in [1.807, 2.05) is 45.7 Å². The number of phenolic OH excluding ortho intramolecular Hbond substituents is 1. The molecule has 1 aliphatic heterocycles. The predicted molar refractivity (Wildman–Crippen MR) is 138 cm³/mol. The molecule has 0 unspecified atom stereocenters. The fraction of sp³-hybridized carbons (Fsp3) is 0.370. The highest BCUT2D eigenvalue weighted by atomic mass is 19.1. The third-order valence-corrected chi connectivity index (χ3v) is 6.56. The molecule has 1 saturated heterocycles. The molecule has 3 N–H and O–H groups in total. The van der Waals surface area contributed by atoms with Gasteiger partial charge in [-0.1, -0.05) is 19.9 Å². The van der Waals surface area contributed by atoms with Gasteiger partial charge in [-0.05, 0) is 56.6 Å². The number of nitrogens with one attached hydrogen (secondary N) is 2. The second-order valence-electron chi connectivity index (χ2n) is 9.67. The van der Waals surface area contributed by atoms with Crippen molar-refractivity contribution < 1.29 is 13.9 Å². The molecule has 4 rings (SSSR count). The van der Waals surface area contributed by atoms with E-state index < -0.39 is 17.4 Å². The number of aryl methyl sites for hydroxylation is 1. The number of pyridine rings is 2. The number of aromatic nitrogens is 2. The number of rotatable bonds is 5. The Labute approximate surface area is 210 Å². The molecule has 3 aromatic rings. The molecule has 0 saturated carbocycles. The normalized spacial score (nSPS) is 16.4. The maximum atomic E-state index is 15.5. The van der Waals surface area contributed by atoms with Gasteiger partial charge in [-0.3, -0.25) is 10.4 Å². The van der Waals surface area contributed by atoms with Gasteiger partial charge in [0, 0.05) is 31.9 Å². The smallest absolute Gasteiger partial charge is 0.150 e. The van der Waals surface area contributed by atoms with Gasteiger partial charge in [-0.2, -0.15) is 0 Å². The lowest BCUT2D eigenvalue weighted by atomic mass is 10.0. The molecule has 9 heteroatoms. The van der Waals surface area contributed by atoms with Crippen LogP contribution in [0.15, 0.2) is 36.5 Å². The number of halogens is 2. The van der Waals surface area contributed by atoms with Gasteiger partial charge in [0.05, 0.1) is 22.5 Å². The number of nitrogens with zero attached hydrogens (tertiary/aromatic N) is 4. The third-order valence-electron chi connectivity index (χ3n) is 6.56. The van der Waals surface area contributed by atoms with E-state index in [0.29, 0.717) is 12.2 Å². The average molecular weight is 495 g/mol. The third kappa shape index (κ3) is 4.88. The number of benzene rings is 1. The van der Waals surface area contributed by atoms with Crippen molar-refractivity contribution in [1.82, 2.24) is 19.8 Å². The van der Waals surface area contributed by atoms with Crippen molar-refractivity contribution in [2.45, 2.75) is 39.7 Å². The molecule has 1 aromatic carbocycles. The maximum Gasteiger partial charge on any atom is 0.150 e. The molecule has 36 heavy (non-hydrogen) atoms. The Balaban J connectivity index is 1.89. The van der Waals surface area contributed by atoms with Crippen LogP contribution in [0.4, 0.5) is 20.3 Å². The molecule has 0 amide bonds. The highest BCUT2D eigenvalue weighted by molar-refractivity contribution is 6.02. The number of anilines is 2. The average Bonchev–Trinajstić information content (AvgIpc) is 2.81. The molecule has 190 valence electrons. The van der Waals surface area contributed by atoms with Gasteiger partial charge < -0.3 is 20.2 Å². The van der Waals surface area contributed by atoms with Gasteiger partial charge in [0.2, 0.25) is 0 Å². The molecule has 1 atom stereocenters. The van der Waals surface area contributed by atoms with Crippen LogP contribution in [0.25, 0.3) is 11.3 Å². The van der Waals surface area contributed by atoms with Gasteiger partial charge in [-0.25, -0.2) is 13.8 Å². The van der Waals surface area contributed by atoms with E-state index in [1.165, 1.54) is 18.2 Å². The summed E-state index contributed by atoms with van der Waals surface area (Å²) in [6, 6.07) is 6.87. The van der Waals surface area contributed by atoms with E-state index in [0.717, 1.165) is 30.4 Å². The van der Waals surface area contributed by atoms with E-state index >= 15 is 4.39 Å². The summed E-state index contributed by atoms with van der Waals surface area (Å²) < 4.78 is 30.2. The minimum absolute atomic E-state index is 0.0359. The molecule has 0 spiro atoms. The SMILES string of the molecule is Cc1ccnc(C(C)C)c1Nc1nc(-c2c(O)cccc2F)c(F)cc1C(=N)N1CCN(C)C[C@@H]1C. The van der Waals surface area contributed by atoms with E-state index in [2.05, 4.69) is 20.2 Å².